The van der Waals surface area contributed by atoms with Crippen LogP contribution in [0.1, 0.15) is 31.4 Å². The minimum Gasteiger partial charge on any atom is -0.355 e. The number of carbonyl (C=O) groups is 2. The Hall–Kier alpha value is -2.79. The van der Waals surface area contributed by atoms with Crippen LogP contribution in [0.3, 0.4) is 0 Å². The first-order chi connectivity index (χ1) is 16.3. The molecular formula is C23H27ClF3N3O4S. The van der Waals surface area contributed by atoms with Gasteiger partial charge in [0.1, 0.15) is 12.6 Å². The van der Waals surface area contributed by atoms with Gasteiger partial charge in [-0.05, 0) is 37.1 Å². The first-order valence-electron chi connectivity index (χ1n) is 10.7. The van der Waals surface area contributed by atoms with E-state index in [0.29, 0.717) is 22.5 Å². The van der Waals surface area contributed by atoms with Gasteiger partial charge in [0.05, 0.1) is 22.5 Å². The molecule has 2 aromatic rings. The van der Waals surface area contributed by atoms with E-state index in [1.54, 1.807) is 44.2 Å². The fourth-order valence-electron chi connectivity index (χ4n) is 3.49. The van der Waals surface area contributed by atoms with Crippen LogP contribution in [0.15, 0.2) is 48.5 Å². The molecule has 0 saturated heterocycles. The van der Waals surface area contributed by atoms with Crippen molar-refractivity contribution in [3.63, 3.8) is 0 Å². The second kappa shape index (κ2) is 11.8. The number of alkyl halides is 3. The maximum absolute atomic E-state index is 13.4. The molecule has 0 bridgehead atoms. The molecule has 0 heterocycles. The number of hydrogen-bond donors (Lipinski definition) is 1. The molecule has 2 aromatic carbocycles. The van der Waals surface area contributed by atoms with Crippen LogP contribution in [-0.2, 0) is 32.3 Å². The molecule has 1 N–H and O–H groups in total. The fraction of sp³-hybridized carbons (Fsp3) is 0.391. The van der Waals surface area contributed by atoms with E-state index in [-0.39, 0.29) is 18.7 Å². The number of halogens is 4. The Morgan fingerprint density at radius 3 is 2.23 bits per heavy atom. The van der Waals surface area contributed by atoms with Crippen LogP contribution in [0.5, 0.6) is 0 Å². The van der Waals surface area contributed by atoms with Crippen LogP contribution < -0.4 is 9.62 Å². The van der Waals surface area contributed by atoms with Crippen molar-refractivity contribution in [1.82, 2.24) is 10.2 Å². The third kappa shape index (κ3) is 7.60. The van der Waals surface area contributed by atoms with Gasteiger partial charge >= 0.3 is 6.18 Å². The van der Waals surface area contributed by atoms with Crippen LogP contribution in [0.25, 0.3) is 0 Å². The lowest BCUT2D eigenvalue weighted by Gasteiger charge is -2.33. The molecule has 12 heteroatoms. The summed E-state index contributed by atoms with van der Waals surface area (Å²) in [6, 6.07) is 10.4. The van der Waals surface area contributed by atoms with E-state index in [1.165, 1.54) is 4.90 Å². The van der Waals surface area contributed by atoms with Gasteiger partial charge in [-0.2, -0.15) is 13.2 Å². The Kier molecular flexibility index (Phi) is 9.56. The van der Waals surface area contributed by atoms with Crippen molar-refractivity contribution in [1.29, 1.82) is 0 Å². The number of hydrogen-bond acceptors (Lipinski definition) is 4. The van der Waals surface area contributed by atoms with E-state index in [9.17, 15) is 31.2 Å². The number of carbonyl (C=O) groups excluding carboxylic acids is 2. The van der Waals surface area contributed by atoms with Gasteiger partial charge < -0.3 is 10.2 Å². The molecule has 0 aliphatic rings. The number of likely N-dealkylation sites (N-methyl/N-ethyl adjacent to an activating group) is 1. The molecule has 0 saturated carbocycles. The predicted molar refractivity (Wildman–Crippen MR) is 128 cm³/mol. The standard InChI is InChI=1S/C23H27ClF3N3O4S/c1-4-20(22(32)28-5-2)29(14-16-9-7-6-8-10-16)21(31)15-30(35(3,33)34)17-11-12-19(24)18(13-17)23(25,26)27/h6-13,20H,4-5,14-15H2,1-3H3,(H,28,32)/t20-/m0/s1. The summed E-state index contributed by atoms with van der Waals surface area (Å²) in [7, 11) is -4.18. The largest absolute Gasteiger partial charge is 0.417 e. The van der Waals surface area contributed by atoms with Gasteiger partial charge in [-0.3, -0.25) is 13.9 Å². The van der Waals surface area contributed by atoms with Crippen LogP contribution in [0.4, 0.5) is 18.9 Å². The first-order valence-corrected chi connectivity index (χ1v) is 13.0. The number of nitrogens with zero attached hydrogens (tertiary/aromatic N) is 2. The van der Waals surface area contributed by atoms with Crippen molar-refractivity contribution in [2.45, 2.75) is 39.0 Å². The summed E-state index contributed by atoms with van der Waals surface area (Å²) in [4.78, 5) is 27.3. The Balaban J connectivity index is 2.50. The third-order valence-electron chi connectivity index (χ3n) is 5.16. The Labute approximate surface area is 207 Å². The molecule has 7 nitrogen and oxygen atoms in total. The van der Waals surface area contributed by atoms with Gasteiger partial charge in [0.2, 0.25) is 21.8 Å². The molecule has 192 valence electrons. The van der Waals surface area contributed by atoms with E-state index in [2.05, 4.69) is 5.32 Å². The smallest absolute Gasteiger partial charge is 0.355 e. The monoisotopic (exact) mass is 533 g/mol. The van der Waals surface area contributed by atoms with Gasteiger partial charge in [-0.15, -0.1) is 0 Å². The molecule has 1 atom stereocenters. The highest BCUT2D eigenvalue weighted by Gasteiger charge is 2.36. The lowest BCUT2D eigenvalue weighted by Crippen LogP contribution is -2.52. The van der Waals surface area contributed by atoms with Gasteiger partial charge in [0.15, 0.2) is 0 Å². The number of rotatable bonds is 10. The minimum absolute atomic E-state index is 0.00132. The number of benzene rings is 2. The minimum atomic E-state index is -4.83. The average Bonchev–Trinajstić information content (AvgIpc) is 2.77. The van der Waals surface area contributed by atoms with Gasteiger partial charge in [-0.25, -0.2) is 8.42 Å². The zero-order chi connectivity index (χ0) is 26.4. The molecule has 0 spiro atoms. The van der Waals surface area contributed by atoms with Gasteiger partial charge in [0.25, 0.3) is 0 Å². The van der Waals surface area contributed by atoms with Gasteiger partial charge in [0, 0.05) is 13.1 Å². The summed E-state index contributed by atoms with van der Waals surface area (Å²) < 4.78 is 65.7. The molecular weight excluding hydrogens is 507 g/mol. The lowest BCUT2D eigenvalue weighted by atomic mass is 10.1. The van der Waals surface area contributed by atoms with Crippen LogP contribution in [0.2, 0.25) is 5.02 Å². The second-order valence-electron chi connectivity index (χ2n) is 7.76. The Morgan fingerprint density at radius 1 is 1.09 bits per heavy atom. The molecule has 0 aliphatic heterocycles. The van der Waals surface area contributed by atoms with Crippen molar-refractivity contribution in [3.05, 3.63) is 64.7 Å². The zero-order valence-corrected chi connectivity index (χ0v) is 21.0. The first kappa shape index (κ1) is 28.4. The molecule has 0 aliphatic carbocycles. The Bertz CT molecular complexity index is 1140. The van der Waals surface area contributed by atoms with Crippen LogP contribution in [0, 0.1) is 0 Å². The number of anilines is 1. The zero-order valence-electron chi connectivity index (χ0n) is 19.5. The SMILES string of the molecule is CCNC(=O)[C@H](CC)N(Cc1ccccc1)C(=O)CN(c1ccc(Cl)c(C(F)(F)F)c1)S(C)(=O)=O. The normalized spacial score (nSPS) is 12.7. The van der Waals surface area contributed by atoms with Crippen molar-refractivity contribution < 1.29 is 31.2 Å². The van der Waals surface area contributed by atoms with Crippen molar-refractivity contribution in [2.24, 2.45) is 0 Å². The van der Waals surface area contributed by atoms with E-state index >= 15 is 0 Å². The highest BCUT2D eigenvalue weighted by atomic mass is 35.5. The number of sulfonamides is 1. The molecule has 35 heavy (non-hydrogen) atoms. The van der Waals surface area contributed by atoms with Crippen LogP contribution in [-0.4, -0.2) is 50.5 Å². The summed E-state index contributed by atoms with van der Waals surface area (Å²) in [5.41, 5.74) is -0.906. The fourth-order valence-corrected chi connectivity index (χ4v) is 4.56. The molecule has 0 radical (unpaired) electrons. The maximum atomic E-state index is 13.4. The molecule has 2 rings (SSSR count). The van der Waals surface area contributed by atoms with Crippen LogP contribution >= 0.6 is 11.6 Å². The molecule has 2 amide bonds. The van der Waals surface area contributed by atoms with Crippen molar-refractivity contribution in [2.75, 3.05) is 23.7 Å². The summed E-state index contributed by atoms with van der Waals surface area (Å²) in [6.07, 6.45) is -3.81. The Morgan fingerprint density at radius 2 is 1.71 bits per heavy atom. The van der Waals surface area contributed by atoms with Gasteiger partial charge in [-0.1, -0.05) is 48.9 Å². The average molecular weight is 534 g/mol. The van der Waals surface area contributed by atoms with E-state index in [0.717, 1.165) is 18.4 Å². The maximum Gasteiger partial charge on any atom is 0.417 e. The lowest BCUT2D eigenvalue weighted by molar-refractivity contribution is -0.140. The third-order valence-corrected chi connectivity index (χ3v) is 6.63. The second-order valence-corrected chi connectivity index (χ2v) is 10.1. The van der Waals surface area contributed by atoms with E-state index in [4.69, 9.17) is 11.6 Å². The molecule has 0 fully saturated rings. The quantitative estimate of drug-likeness (QED) is 0.499. The highest BCUT2D eigenvalue weighted by molar-refractivity contribution is 7.92. The summed E-state index contributed by atoms with van der Waals surface area (Å²) in [6.45, 7) is 2.94. The van der Waals surface area contributed by atoms with Crippen molar-refractivity contribution >= 4 is 39.1 Å². The number of nitrogens with one attached hydrogen (secondary N) is 1. The number of amides is 2. The highest BCUT2D eigenvalue weighted by Crippen LogP contribution is 2.37. The summed E-state index contributed by atoms with van der Waals surface area (Å²) in [5.74, 6) is -1.17. The van der Waals surface area contributed by atoms with E-state index in [1.807, 2.05) is 0 Å². The van der Waals surface area contributed by atoms with Crippen molar-refractivity contribution in [3.8, 4) is 0 Å². The predicted octanol–water partition coefficient (Wildman–Crippen LogP) is 4.07. The summed E-state index contributed by atoms with van der Waals surface area (Å²) in [5, 5.41) is 2.06. The topological polar surface area (TPSA) is 86.8 Å². The molecule has 0 aromatic heterocycles. The summed E-state index contributed by atoms with van der Waals surface area (Å²) >= 11 is 5.66. The van der Waals surface area contributed by atoms with E-state index < -0.39 is 51.2 Å². The molecule has 0 unspecified atom stereocenters.